The summed E-state index contributed by atoms with van der Waals surface area (Å²) in [4.78, 5) is 26.4. The molecule has 0 aliphatic carbocycles. The Morgan fingerprint density at radius 1 is 0.952 bits per heavy atom. The standard InChI is InChI=1S/C17H16N2O2/c1-10(2)11-6-3-4-9-14(11)19-16(20)12-7-5-8-13(18)15(12)17(19)21/h3-10H,18H2,1-2H3. The van der Waals surface area contributed by atoms with Gasteiger partial charge in [-0.3, -0.25) is 9.59 Å². The molecule has 4 nitrogen and oxygen atoms in total. The zero-order chi connectivity index (χ0) is 15.1. The fourth-order valence-electron chi connectivity index (χ4n) is 2.71. The molecule has 1 aliphatic rings. The molecule has 0 fully saturated rings. The summed E-state index contributed by atoms with van der Waals surface area (Å²) in [6.07, 6.45) is 0. The molecule has 4 heteroatoms. The Balaban J connectivity index is 2.17. The van der Waals surface area contributed by atoms with E-state index in [-0.39, 0.29) is 17.7 Å². The van der Waals surface area contributed by atoms with Crippen molar-refractivity contribution in [3.8, 4) is 0 Å². The number of nitrogen functional groups attached to an aromatic ring is 1. The first-order chi connectivity index (χ1) is 10.0. The van der Waals surface area contributed by atoms with E-state index < -0.39 is 0 Å². The quantitative estimate of drug-likeness (QED) is 0.678. The summed E-state index contributed by atoms with van der Waals surface area (Å²) in [6, 6.07) is 12.4. The second kappa shape index (κ2) is 4.74. The lowest BCUT2D eigenvalue weighted by molar-refractivity contribution is 0.0926. The maximum Gasteiger partial charge on any atom is 0.268 e. The fourth-order valence-corrected chi connectivity index (χ4v) is 2.71. The molecule has 2 aromatic carbocycles. The highest BCUT2D eigenvalue weighted by Gasteiger charge is 2.38. The van der Waals surface area contributed by atoms with Crippen LogP contribution in [-0.4, -0.2) is 11.8 Å². The van der Waals surface area contributed by atoms with Gasteiger partial charge < -0.3 is 5.73 Å². The minimum atomic E-state index is -0.346. The molecule has 0 saturated carbocycles. The van der Waals surface area contributed by atoms with Gasteiger partial charge in [-0.1, -0.05) is 38.1 Å². The van der Waals surface area contributed by atoms with Gasteiger partial charge in [-0.15, -0.1) is 0 Å². The van der Waals surface area contributed by atoms with Crippen molar-refractivity contribution in [1.82, 2.24) is 0 Å². The zero-order valence-electron chi connectivity index (χ0n) is 12.0. The molecule has 0 bridgehead atoms. The Kier molecular flexibility index (Phi) is 3.01. The van der Waals surface area contributed by atoms with Crippen molar-refractivity contribution in [3.05, 3.63) is 59.2 Å². The molecular weight excluding hydrogens is 264 g/mol. The van der Waals surface area contributed by atoms with Crippen LogP contribution in [0.15, 0.2) is 42.5 Å². The van der Waals surface area contributed by atoms with E-state index >= 15 is 0 Å². The average Bonchev–Trinajstić information content (AvgIpc) is 2.72. The van der Waals surface area contributed by atoms with Crippen LogP contribution in [-0.2, 0) is 0 Å². The molecule has 0 aromatic heterocycles. The van der Waals surface area contributed by atoms with Crippen molar-refractivity contribution in [2.45, 2.75) is 19.8 Å². The summed E-state index contributed by atoms with van der Waals surface area (Å²) < 4.78 is 0. The van der Waals surface area contributed by atoms with Crippen molar-refractivity contribution in [3.63, 3.8) is 0 Å². The van der Waals surface area contributed by atoms with E-state index in [4.69, 9.17) is 5.73 Å². The Morgan fingerprint density at radius 2 is 1.67 bits per heavy atom. The number of carbonyl (C=O) groups excluding carboxylic acids is 2. The molecule has 0 unspecified atom stereocenters. The molecule has 106 valence electrons. The average molecular weight is 280 g/mol. The van der Waals surface area contributed by atoms with Gasteiger partial charge in [0, 0.05) is 5.69 Å². The van der Waals surface area contributed by atoms with Crippen LogP contribution < -0.4 is 10.6 Å². The van der Waals surface area contributed by atoms with Crippen LogP contribution in [0.2, 0.25) is 0 Å². The van der Waals surface area contributed by atoms with Gasteiger partial charge in [0.15, 0.2) is 0 Å². The molecular formula is C17H16N2O2. The van der Waals surface area contributed by atoms with Gasteiger partial charge in [-0.25, -0.2) is 4.90 Å². The van der Waals surface area contributed by atoms with Crippen molar-refractivity contribution < 1.29 is 9.59 Å². The van der Waals surface area contributed by atoms with E-state index in [0.29, 0.717) is 22.5 Å². The van der Waals surface area contributed by atoms with Crippen LogP contribution in [0, 0.1) is 0 Å². The number of anilines is 2. The number of benzene rings is 2. The predicted octanol–water partition coefficient (Wildman–Crippen LogP) is 3.19. The summed E-state index contributed by atoms with van der Waals surface area (Å²) in [7, 11) is 0. The van der Waals surface area contributed by atoms with Gasteiger partial charge in [0.05, 0.1) is 16.8 Å². The first kappa shape index (κ1) is 13.4. The summed E-state index contributed by atoms with van der Waals surface area (Å²) in [5.41, 5.74) is 8.49. The Labute approximate surface area is 123 Å². The summed E-state index contributed by atoms with van der Waals surface area (Å²) in [5.74, 6) is -0.445. The third kappa shape index (κ3) is 1.91. The number of rotatable bonds is 2. The maximum atomic E-state index is 12.6. The van der Waals surface area contributed by atoms with Crippen molar-refractivity contribution in [2.75, 3.05) is 10.6 Å². The Hall–Kier alpha value is -2.62. The lowest BCUT2D eigenvalue weighted by Crippen LogP contribution is -2.30. The largest absolute Gasteiger partial charge is 0.398 e. The van der Waals surface area contributed by atoms with Gasteiger partial charge in [0.1, 0.15) is 0 Å². The molecule has 21 heavy (non-hydrogen) atoms. The highest BCUT2D eigenvalue weighted by Crippen LogP contribution is 2.35. The molecule has 2 N–H and O–H groups in total. The molecule has 0 spiro atoms. The number of nitrogens with two attached hydrogens (primary N) is 1. The normalized spacial score (nSPS) is 14.0. The number of hydrogen-bond donors (Lipinski definition) is 1. The second-order valence-corrected chi connectivity index (χ2v) is 5.43. The van der Waals surface area contributed by atoms with E-state index in [2.05, 4.69) is 0 Å². The van der Waals surface area contributed by atoms with Crippen LogP contribution in [0.1, 0.15) is 46.0 Å². The highest BCUT2D eigenvalue weighted by molar-refractivity contribution is 6.36. The van der Waals surface area contributed by atoms with Crippen molar-refractivity contribution >= 4 is 23.2 Å². The molecule has 1 heterocycles. The lowest BCUT2D eigenvalue weighted by atomic mass is 10.0. The van der Waals surface area contributed by atoms with Gasteiger partial charge in [-0.2, -0.15) is 0 Å². The molecule has 2 aromatic rings. The number of imide groups is 1. The van der Waals surface area contributed by atoms with E-state index in [1.165, 1.54) is 4.90 Å². The molecule has 0 atom stereocenters. The number of amides is 2. The van der Waals surface area contributed by atoms with Gasteiger partial charge in [0.2, 0.25) is 0 Å². The zero-order valence-corrected chi connectivity index (χ0v) is 12.0. The maximum absolute atomic E-state index is 12.6. The van der Waals surface area contributed by atoms with Gasteiger partial charge >= 0.3 is 0 Å². The third-order valence-electron chi connectivity index (χ3n) is 3.75. The number of para-hydroxylation sites is 1. The first-order valence-electron chi connectivity index (χ1n) is 6.88. The minimum absolute atomic E-state index is 0.211. The first-order valence-corrected chi connectivity index (χ1v) is 6.88. The van der Waals surface area contributed by atoms with E-state index in [0.717, 1.165) is 5.56 Å². The lowest BCUT2D eigenvalue weighted by Gasteiger charge is -2.20. The Morgan fingerprint density at radius 3 is 2.33 bits per heavy atom. The molecule has 1 aliphatic heterocycles. The number of hydrogen-bond acceptors (Lipinski definition) is 3. The van der Waals surface area contributed by atoms with E-state index in [1.807, 2.05) is 32.0 Å². The van der Waals surface area contributed by atoms with Crippen molar-refractivity contribution in [1.29, 1.82) is 0 Å². The van der Waals surface area contributed by atoms with Crippen LogP contribution in [0.25, 0.3) is 0 Å². The number of fused-ring (bicyclic) bond motifs is 1. The second-order valence-electron chi connectivity index (χ2n) is 5.43. The molecule has 3 rings (SSSR count). The summed E-state index contributed by atoms with van der Waals surface area (Å²) >= 11 is 0. The minimum Gasteiger partial charge on any atom is -0.398 e. The molecule has 0 saturated heterocycles. The van der Waals surface area contributed by atoms with Crippen LogP contribution in [0.4, 0.5) is 11.4 Å². The smallest absolute Gasteiger partial charge is 0.268 e. The SMILES string of the molecule is CC(C)c1ccccc1N1C(=O)c2cccc(N)c2C1=O. The Bertz CT molecular complexity index is 750. The number of nitrogens with zero attached hydrogens (tertiary/aromatic N) is 1. The van der Waals surface area contributed by atoms with Crippen LogP contribution in [0.3, 0.4) is 0 Å². The van der Waals surface area contributed by atoms with Gasteiger partial charge in [0.25, 0.3) is 11.8 Å². The highest BCUT2D eigenvalue weighted by atomic mass is 16.2. The van der Waals surface area contributed by atoms with Crippen LogP contribution in [0.5, 0.6) is 0 Å². The third-order valence-corrected chi connectivity index (χ3v) is 3.75. The fraction of sp³-hybridized carbons (Fsp3) is 0.176. The molecule has 0 radical (unpaired) electrons. The van der Waals surface area contributed by atoms with E-state index in [9.17, 15) is 9.59 Å². The topological polar surface area (TPSA) is 63.4 Å². The summed E-state index contributed by atoms with van der Waals surface area (Å²) in [5, 5.41) is 0. The van der Waals surface area contributed by atoms with E-state index in [1.54, 1.807) is 24.3 Å². The van der Waals surface area contributed by atoms with Gasteiger partial charge in [-0.05, 0) is 29.7 Å². The summed E-state index contributed by atoms with van der Waals surface area (Å²) in [6.45, 7) is 4.07. The predicted molar refractivity (Wildman–Crippen MR) is 82.5 cm³/mol. The monoisotopic (exact) mass is 280 g/mol. The van der Waals surface area contributed by atoms with Crippen molar-refractivity contribution in [2.24, 2.45) is 0 Å². The van der Waals surface area contributed by atoms with Crippen LogP contribution >= 0.6 is 0 Å². The number of carbonyl (C=O) groups is 2. The molecule has 2 amide bonds.